The van der Waals surface area contributed by atoms with E-state index < -0.39 is 0 Å². The van der Waals surface area contributed by atoms with Gasteiger partial charge < -0.3 is 15.5 Å². The van der Waals surface area contributed by atoms with Gasteiger partial charge in [-0.3, -0.25) is 4.79 Å². The minimum Gasteiger partial charge on any atom is -0.401 e. The fourth-order valence-electron chi connectivity index (χ4n) is 1.65. The van der Waals surface area contributed by atoms with Crippen molar-refractivity contribution in [1.82, 2.24) is 5.01 Å². The maximum atomic E-state index is 11.4. The lowest BCUT2D eigenvalue weighted by molar-refractivity contribution is -0.126. The summed E-state index contributed by atoms with van der Waals surface area (Å²) in [6, 6.07) is 0. The second kappa shape index (κ2) is 7.64. The van der Waals surface area contributed by atoms with Gasteiger partial charge in [-0.25, -0.2) is 5.84 Å². The minimum atomic E-state index is -0.373. The van der Waals surface area contributed by atoms with Crippen LogP contribution in [-0.4, -0.2) is 29.5 Å². The molecule has 0 bridgehead atoms. The van der Waals surface area contributed by atoms with E-state index in [1.807, 2.05) is 34.6 Å². The van der Waals surface area contributed by atoms with Crippen molar-refractivity contribution in [3.63, 3.8) is 0 Å². The number of hydrazine groups is 1. The Morgan fingerprint density at radius 3 is 2.30 bits per heavy atom. The fraction of sp³-hybridized carbons (Fsp3) is 0.800. The molecule has 4 N–H and O–H groups in total. The van der Waals surface area contributed by atoms with E-state index in [2.05, 4.69) is 0 Å². The summed E-state index contributed by atoms with van der Waals surface area (Å²) in [7, 11) is 0. The van der Waals surface area contributed by atoms with Gasteiger partial charge in [0.05, 0.1) is 5.60 Å². The Bertz CT molecular complexity index is 349. The number of rotatable bonds is 9. The molecule has 0 aromatic carbocycles. The van der Waals surface area contributed by atoms with Gasteiger partial charge in [-0.1, -0.05) is 13.8 Å². The molecule has 5 heteroatoms. The largest absolute Gasteiger partial charge is 0.401 e. The van der Waals surface area contributed by atoms with Crippen LogP contribution in [0.5, 0.6) is 0 Å². The second-order valence-corrected chi connectivity index (χ2v) is 6.51. The van der Waals surface area contributed by atoms with E-state index in [0.29, 0.717) is 31.7 Å². The van der Waals surface area contributed by atoms with Crippen LogP contribution in [0, 0.1) is 5.41 Å². The van der Waals surface area contributed by atoms with E-state index in [1.165, 1.54) is 0 Å². The third-order valence-electron chi connectivity index (χ3n) is 3.50. The molecular weight excluding hydrogens is 254 g/mol. The molecule has 0 amide bonds. The Kier molecular flexibility index (Phi) is 7.23. The first kappa shape index (κ1) is 18.9. The average Bonchev–Trinajstić information content (AvgIpc) is 2.26. The molecule has 0 aliphatic rings. The second-order valence-electron chi connectivity index (χ2n) is 6.51. The van der Waals surface area contributed by atoms with Gasteiger partial charge in [0, 0.05) is 36.9 Å². The third kappa shape index (κ3) is 7.50. The number of carbonyl (C=O) groups excluding carboxylic acids is 1. The maximum Gasteiger partial charge on any atom is 0.135 e. The van der Waals surface area contributed by atoms with E-state index in [-0.39, 0.29) is 16.8 Å². The van der Waals surface area contributed by atoms with Crippen LogP contribution in [0.4, 0.5) is 0 Å². The highest BCUT2D eigenvalue weighted by atomic mass is 16.5. The molecule has 0 aromatic heterocycles. The predicted molar refractivity (Wildman–Crippen MR) is 82.6 cm³/mol. The van der Waals surface area contributed by atoms with Gasteiger partial charge in [0.15, 0.2) is 0 Å². The lowest BCUT2D eigenvalue weighted by Crippen LogP contribution is -2.32. The van der Waals surface area contributed by atoms with Gasteiger partial charge in [-0.2, -0.15) is 0 Å². The van der Waals surface area contributed by atoms with Gasteiger partial charge in [-0.15, -0.1) is 0 Å². The summed E-state index contributed by atoms with van der Waals surface area (Å²) in [6.07, 6.45) is 3.03. The van der Waals surface area contributed by atoms with Crippen LogP contribution in [0.25, 0.3) is 0 Å². The number of hydrogen-bond acceptors (Lipinski definition) is 5. The summed E-state index contributed by atoms with van der Waals surface area (Å²) in [6.45, 7) is 12.7. The topological polar surface area (TPSA) is 81.6 Å². The van der Waals surface area contributed by atoms with Gasteiger partial charge >= 0.3 is 0 Å². The SMILES string of the molecule is CCN(N)/C=C(\N)CC(C)(C)OCCC(C)(C)C(C)=O. The van der Waals surface area contributed by atoms with Crippen LogP contribution in [0.1, 0.15) is 54.4 Å². The molecule has 20 heavy (non-hydrogen) atoms. The van der Waals surface area contributed by atoms with Crippen molar-refractivity contribution in [2.45, 2.75) is 60.0 Å². The molecule has 0 saturated heterocycles. The summed E-state index contributed by atoms with van der Waals surface area (Å²) < 4.78 is 5.87. The van der Waals surface area contributed by atoms with E-state index >= 15 is 0 Å². The molecule has 118 valence electrons. The predicted octanol–water partition coefficient (Wildman–Crippen LogP) is 2.17. The van der Waals surface area contributed by atoms with Gasteiger partial charge in [0.2, 0.25) is 0 Å². The van der Waals surface area contributed by atoms with Crippen molar-refractivity contribution in [2.75, 3.05) is 13.2 Å². The first-order valence-electron chi connectivity index (χ1n) is 7.12. The normalized spacial score (nSPS) is 13.4. The smallest absolute Gasteiger partial charge is 0.135 e. The highest BCUT2D eigenvalue weighted by Crippen LogP contribution is 2.24. The molecule has 0 aliphatic heterocycles. The van der Waals surface area contributed by atoms with E-state index in [4.69, 9.17) is 16.3 Å². The fourth-order valence-corrected chi connectivity index (χ4v) is 1.65. The van der Waals surface area contributed by atoms with Crippen molar-refractivity contribution >= 4 is 5.78 Å². The van der Waals surface area contributed by atoms with Crippen molar-refractivity contribution in [2.24, 2.45) is 17.0 Å². The Morgan fingerprint density at radius 1 is 1.30 bits per heavy atom. The molecule has 0 aliphatic carbocycles. The Balaban J connectivity index is 4.33. The van der Waals surface area contributed by atoms with Crippen molar-refractivity contribution in [3.8, 4) is 0 Å². The van der Waals surface area contributed by atoms with E-state index in [9.17, 15) is 4.79 Å². The van der Waals surface area contributed by atoms with Crippen LogP contribution in [-0.2, 0) is 9.53 Å². The highest BCUT2D eigenvalue weighted by Gasteiger charge is 2.26. The van der Waals surface area contributed by atoms with Gasteiger partial charge in [0.25, 0.3) is 0 Å². The number of nitrogens with zero attached hydrogens (tertiary/aromatic N) is 1. The van der Waals surface area contributed by atoms with Crippen LogP contribution in [0.2, 0.25) is 0 Å². The zero-order valence-corrected chi connectivity index (χ0v) is 13.8. The monoisotopic (exact) mass is 285 g/mol. The Labute approximate surface area is 123 Å². The third-order valence-corrected chi connectivity index (χ3v) is 3.50. The van der Waals surface area contributed by atoms with Gasteiger partial charge in [-0.05, 0) is 34.1 Å². The molecule has 0 saturated carbocycles. The summed E-state index contributed by atoms with van der Waals surface area (Å²) in [5.74, 6) is 5.86. The molecule has 5 nitrogen and oxygen atoms in total. The molecule has 0 unspecified atom stereocenters. The summed E-state index contributed by atoms with van der Waals surface area (Å²) >= 11 is 0. The zero-order chi connectivity index (χ0) is 16.0. The minimum absolute atomic E-state index is 0.181. The number of carbonyl (C=O) groups is 1. The highest BCUT2D eigenvalue weighted by molar-refractivity contribution is 5.81. The van der Waals surface area contributed by atoms with Crippen molar-refractivity contribution < 1.29 is 9.53 Å². The molecule has 0 radical (unpaired) electrons. The quantitative estimate of drug-likeness (QED) is 0.501. The van der Waals surface area contributed by atoms with Gasteiger partial charge in [0.1, 0.15) is 5.78 Å². The number of nitrogens with two attached hydrogens (primary N) is 2. The number of Topliss-reactive ketones (excluding diaryl/α,β-unsaturated/α-hetero) is 1. The first-order valence-corrected chi connectivity index (χ1v) is 7.12. The van der Waals surface area contributed by atoms with Crippen LogP contribution in [0.3, 0.4) is 0 Å². The molecule has 0 atom stereocenters. The van der Waals surface area contributed by atoms with Crippen molar-refractivity contribution in [1.29, 1.82) is 0 Å². The molecule has 0 rings (SSSR count). The van der Waals surface area contributed by atoms with Crippen LogP contribution in [0.15, 0.2) is 11.9 Å². The van der Waals surface area contributed by atoms with Crippen LogP contribution < -0.4 is 11.6 Å². The average molecular weight is 285 g/mol. The molecule has 0 fully saturated rings. The number of hydrogen-bond donors (Lipinski definition) is 2. The standard InChI is InChI=1S/C15H31N3O2/c1-7-18(17)11-13(16)10-15(5,6)20-9-8-14(3,4)12(2)19/h11H,7-10,16-17H2,1-6H3/b13-11-. The molecular formula is C15H31N3O2. The first-order chi connectivity index (χ1) is 9.00. The Morgan fingerprint density at radius 2 is 1.85 bits per heavy atom. The summed E-state index contributed by atoms with van der Waals surface area (Å²) in [5, 5.41) is 1.55. The summed E-state index contributed by atoms with van der Waals surface area (Å²) in [5.41, 5.74) is 5.92. The lowest BCUT2D eigenvalue weighted by atomic mass is 9.86. The Hall–Kier alpha value is -1.07. The van der Waals surface area contributed by atoms with E-state index in [0.717, 1.165) is 0 Å². The molecule has 0 spiro atoms. The van der Waals surface area contributed by atoms with Crippen molar-refractivity contribution in [3.05, 3.63) is 11.9 Å². The van der Waals surface area contributed by atoms with Crippen LogP contribution >= 0.6 is 0 Å². The number of ether oxygens (including phenoxy) is 1. The maximum absolute atomic E-state index is 11.4. The molecule has 0 heterocycles. The zero-order valence-electron chi connectivity index (χ0n) is 13.8. The molecule has 0 aromatic rings. The lowest BCUT2D eigenvalue weighted by Gasteiger charge is -2.28. The number of ketones is 1. The van der Waals surface area contributed by atoms with E-state index in [1.54, 1.807) is 18.1 Å². The summed E-state index contributed by atoms with van der Waals surface area (Å²) in [4.78, 5) is 11.4.